The zero-order valence-corrected chi connectivity index (χ0v) is 23.9. The van der Waals surface area contributed by atoms with E-state index < -0.39 is 27.8 Å². The minimum atomic E-state index is -3.47. The van der Waals surface area contributed by atoms with Crippen molar-refractivity contribution in [2.75, 3.05) is 19.8 Å². The van der Waals surface area contributed by atoms with Crippen LogP contribution in [0.2, 0.25) is 10.0 Å². The minimum absolute atomic E-state index is 0.0000310. The fourth-order valence-corrected chi connectivity index (χ4v) is 5.90. The van der Waals surface area contributed by atoms with Crippen LogP contribution in [0.1, 0.15) is 32.6 Å². The Labute approximate surface area is 238 Å². The van der Waals surface area contributed by atoms with Crippen molar-refractivity contribution in [3.8, 4) is 0 Å². The average molecular weight is 591 g/mol. The maximum atomic E-state index is 13.5. The van der Waals surface area contributed by atoms with Gasteiger partial charge in [-0.3, -0.25) is 10.2 Å². The third-order valence-corrected chi connectivity index (χ3v) is 8.35. The number of nitrogens with one attached hydrogen (secondary N) is 2. The molecule has 0 radical (unpaired) electrons. The smallest absolute Gasteiger partial charge is 0.329 e. The van der Waals surface area contributed by atoms with Crippen LogP contribution in [-0.2, 0) is 45.4 Å². The molecule has 1 aliphatic rings. The van der Waals surface area contributed by atoms with Crippen LogP contribution in [0.3, 0.4) is 0 Å². The first-order valence-corrected chi connectivity index (χ1v) is 14.9. The Kier molecular flexibility index (Phi) is 9.30. The molecule has 0 unspecified atom stereocenters. The predicted molar refractivity (Wildman–Crippen MR) is 150 cm³/mol. The molecule has 206 valence electrons. The Bertz CT molecular complexity index is 1480. The molecule has 39 heavy (non-hydrogen) atoms. The highest BCUT2D eigenvalue weighted by atomic mass is 35.5. The van der Waals surface area contributed by atoms with Gasteiger partial charge in [-0.05, 0) is 53.9 Å². The second-order valence-corrected chi connectivity index (χ2v) is 12.1. The van der Waals surface area contributed by atoms with Crippen molar-refractivity contribution in [2.45, 2.75) is 36.9 Å². The molecular formula is C28H29Cl2N3O5S. The number of esters is 1. The highest BCUT2D eigenvalue weighted by Crippen LogP contribution is 2.34. The third-order valence-electron chi connectivity index (χ3n) is 6.53. The second kappa shape index (κ2) is 12.5. The Balaban J connectivity index is 1.61. The molecule has 2 N–H and O–H groups in total. The normalized spacial score (nSPS) is 14.4. The van der Waals surface area contributed by atoms with E-state index >= 15 is 0 Å². The molecular weight excluding hydrogens is 561 g/mol. The van der Waals surface area contributed by atoms with Crippen molar-refractivity contribution in [3.63, 3.8) is 0 Å². The van der Waals surface area contributed by atoms with Crippen molar-refractivity contribution >= 4 is 44.9 Å². The van der Waals surface area contributed by atoms with Gasteiger partial charge in [0.15, 0.2) is 9.84 Å². The molecule has 3 aromatic rings. The summed E-state index contributed by atoms with van der Waals surface area (Å²) in [5.74, 6) is -1.29. The summed E-state index contributed by atoms with van der Waals surface area (Å²) in [5.41, 5.74) is 6.25. The Hall–Kier alpha value is -2.95. The van der Waals surface area contributed by atoms with E-state index in [9.17, 15) is 18.0 Å². The quantitative estimate of drug-likeness (QED) is 0.364. The molecule has 11 heteroatoms. The summed E-state index contributed by atoms with van der Waals surface area (Å²) in [6, 6.07) is 16.0. The fraction of sp³-hybridized carbons (Fsp3) is 0.286. The van der Waals surface area contributed by atoms with Crippen LogP contribution < -0.4 is 10.7 Å². The van der Waals surface area contributed by atoms with Gasteiger partial charge in [0, 0.05) is 25.8 Å². The van der Waals surface area contributed by atoms with E-state index in [2.05, 4.69) is 10.7 Å². The van der Waals surface area contributed by atoms with Gasteiger partial charge in [-0.1, -0.05) is 65.7 Å². The topological polar surface area (TPSA) is 105 Å². The molecule has 1 aliphatic heterocycles. The summed E-state index contributed by atoms with van der Waals surface area (Å²) >= 11 is 13.2. The lowest BCUT2D eigenvalue weighted by molar-refractivity contribution is -0.147. The number of hydrazine groups is 1. The van der Waals surface area contributed by atoms with Crippen molar-refractivity contribution in [1.29, 1.82) is 0 Å². The fourth-order valence-electron chi connectivity index (χ4n) is 4.44. The van der Waals surface area contributed by atoms with Gasteiger partial charge >= 0.3 is 5.97 Å². The van der Waals surface area contributed by atoms with E-state index in [0.717, 1.165) is 22.9 Å². The Morgan fingerprint density at radius 1 is 1.05 bits per heavy atom. The molecule has 0 spiro atoms. The van der Waals surface area contributed by atoms with Crippen molar-refractivity contribution in [1.82, 2.24) is 15.8 Å². The SMILES string of the molecule is CNN1CCc2c(cc(Cl)c(C(=O)N[C@@H](Cc3cccc(S(C)(=O)=O)c3)C(=O)OCc3ccccc3)c2Cl)C1. The molecule has 0 aromatic heterocycles. The van der Waals surface area contributed by atoms with Gasteiger partial charge in [-0.2, -0.15) is 0 Å². The summed E-state index contributed by atoms with van der Waals surface area (Å²) < 4.78 is 29.6. The van der Waals surface area contributed by atoms with Crippen LogP contribution in [0.25, 0.3) is 0 Å². The lowest BCUT2D eigenvalue weighted by Gasteiger charge is -2.29. The highest BCUT2D eigenvalue weighted by molar-refractivity contribution is 7.90. The number of halogens is 2. The number of carbonyl (C=O) groups is 2. The molecule has 3 aromatic carbocycles. The number of carbonyl (C=O) groups excluding carboxylic acids is 2. The van der Waals surface area contributed by atoms with Gasteiger partial charge in [0.05, 0.1) is 20.5 Å². The number of nitrogens with zero attached hydrogens (tertiary/aromatic N) is 1. The number of hydrogen-bond acceptors (Lipinski definition) is 7. The third kappa shape index (κ3) is 7.17. The van der Waals surface area contributed by atoms with Gasteiger partial charge < -0.3 is 10.1 Å². The first-order valence-electron chi connectivity index (χ1n) is 12.3. The van der Waals surface area contributed by atoms with E-state index in [-0.39, 0.29) is 33.5 Å². The Morgan fingerprint density at radius 3 is 2.46 bits per heavy atom. The first-order chi connectivity index (χ1) is 18.6. The van der Waals surface area contributed by atoms with E-state index in [4.69, 9.17) is 27.9 Å². The van der Waals surface area contributed by atoms with Crippen LogP contribution in [0, 0.1) is 0 Å². The maximum absolute atomic E-state index is 13.5. The van der Waals surface area contributed by atoms with E-state index in [1.54, 1.807) is 18.2 Å². The minimum Gasteiger partial charge on any atom is -0.459 e. The lowest BCUT2D eigenvalue weighted by Crippen LogP contribution is -2.44. The second-order valence-electron chi connectivity index (χ2n) is 9.32. The molecule has 1 heterocycles. The van der Waals surface area contributed by atoms with Crippen molar-refractivity contribution in [3.05, 3.63) is 98.5 Å². The van der Waals surface area contributed by atoms with Gasteiger partial charge in [0.25, 0.3) is 5.91 Å². The maximum Gasteiger partial charge on any atom is 0.329 e. The van der Waals surface area contributed by atoms with Crippen LogP contribution in [0.15, 0.2) is 65.6 Å². The number of hydrogen-bond donors (Lipinski definition) is 2. The van der Waals surface area contributed by atoms with Crippen molar-refractivity contribution in [2.24, 2.45) is 0 Å². The van der Waals surface area contributed by atoms with Crippen LogP contribution in [0.4, 0.5) is 0 Å². The molecule has 4 rings (SSSR count). The summed E-state index contributed by atoms with van der Waals surface area (Å²) in [5, 5.41) is 5.16. The summed E-state index contributed by atoms with van der Waals surface area (Å²) in [7, 11) is -1.63. The van der Waals surface area contributed by atoms with Gasteiger partial charge in [0.1, 0.15) is 12.6 Å². The van der Waals surface area contributed by atoms with Crippen LogP contribution >= 0.6 is 23.2 Å². The number of ether oxygens (including phenoxy) is 1. The zero-order chi connectivity index (χ0) is 28.2. The number of rotatable bonds is 9. The first kappa shape index (κ1) is 29.0. The highest BCUT2D eigenvalue weighted by Gasteiger charge is 2.29. The number of sulfone groups is 1. The molecule has 0 fully saturated rings. The number of benzene rings is 3. The largest absolute Gasteiger partial charge is 0.459 e. The average Bonchev–Trinajstić information content (AvgIpc) is 2.91. The molecule has 0 bridgehead atoms. The predicted octanol–water partition coefficient (Wildman–Crippen LogP) is 3.97. The summed E-state index contributed by atoms with van der Waals surface area (Å²) in [6.45, 7) is 1.30. The molecule has 0 aliphatic carbocycles. The van der Waals surface area contributed by atoms with Gasteiger partial charge in [-0.15, -0.1) is 0 Å². The number of amides is 1. The van der Waals surface area contributed by atoms with E-state index in [0.29, 0.717) is 25.1 Å². The Morgan fingerprint density at radius 2 is 1.77 bits per heavy atom. The number of fused-ring (bicyclic) bond motifs is 1. The molecule has 1 amide bonds. The summed E-state index contributed by atoms with van der Waals surface area (Å²) in [6.07, 6.45) is 1.72. The molecule has 8 nitrogen and oxygen atoms in total. The molecule has 1 atom stereocenters. The van der Waals surface area contributed by atoms with Gasteiger partial charge in [-0.25, -0.2) is 18.2 Å². The van der Waals surface area contributed by atoms with E-state index in [1.165, 1.54) is 12.1 Å². The van der Waals surface area contributed by atoms with Crippen LogP contribution in [-0.4, -0.2) is 51.2 Å². The zero-order valence-electron chi connectivity index (χ0n) is 21.5. The molecule has 0 saturated heterocycles. The standard InChI is InChI=1S/C28H29Cl2N3O5S/c1-31-33-12-11-22-20(16-33)15-23(29)25(26(22)30)27(34)32-24(28(35)38-17-18-7-4-3-5-8-18)14-19-9-6-10-21(13-19)39(2,36)37/h3-10,13,15,24,31H,11-12,14,16-17H2,1-2H3,(H,32,34)/t24-/m0/s1. The van der Waals surface area contributed by atoms with Crippen LogP contribution in [0.5, 0.6) is 0 Å². The monoisotopic (exact) mass is 589 g/mol. The molecule has 0 saturated carbocycles. The summed E-state index contributed by atoms with van der Waals surface area (Å²) in [4.78, 5) is 26.8. The lowest BCUT2D eigenvalue weighted by atomic mass is 9.97. The van der Waals surface area contributed by atoms with E-state index in [1.807, 2.05) is 42.4 Å². The van der Waals surface area contributed by atoms with Crippen molar-refractivity contribution < 1.29 is 22.7 Å². The van der Waals surface area contributed by atoms with Gasteiger partial charge in [0.2, 0.25) is 0 Å².